The van der Waals surface area contributed by atoms with Gasteiger partial charge in [0.1, 0.15) is 11.5 Å². The number of amides is 1. The van der Waals surface area contributed by atoms with Crippen LogP contribution in [0.4, 0.5) is 19.0 Å². The highest BCUT2D eigenvalue weighted by Gasteiger charge is 2.43. The summed E-state index contributed by atoms with van der Waals surface area (Å²) < 4.78 is 45.2. The van der Waals surface area contributed by atoms with E-state index in [1.165, 1.54) is 6.07 Å². The molecule has 170 valence electrons. The molecule has 2 atom stereocenters. The quantitative estimate of drug-likeness (QED) is 0.589. The Balaban J connectivity index is 1.38. The van der Waals surface area contributed by atoms with Crippen molar-refractivity contribution in [3.63, 3.8) is 0 Å². The molecule has 3 aromatic rings. The first-order valence-electron chi connectivity index (χ1n) is 11.0. The van der Waals surface area contributed by atoms with Crippen molar-refractivity contribution in [3.05, 3.63) is 64.0 Å². The SMILES string of the molecule is Nc1nc2cnc(C(=O)N3CCC[C@@H]4Cc5cc(C(F)(F)F)ccc5[C@@H]43)cc2c2c1COC2. The van der Waals surface area contributed by atoms with Crippen LogP contribution in [0.25, 0.3) is 10.9 Å². The number of nitrogens with zero attached hydrogens (tertiary/aromatic N) is 3. The normalized spacial score (nSPS) is 21.7. The zero-order valence-corrected chi connectivity index (χ0v) is 17.7. The molecule has 1 fully saturated rings. The lowest BCUT2D eigenvalue weighted by Crippen LogP contribution is -2.41. The molecular formula is C24H21F3N4O2. The summed E-state index contributed by atoms with van der Waals surface area (Å²) >= 11 is 0. The van der Waals surface area contributed by atoms with E-state index in [1.807, 2.05) is 0 Å². The van der Waals surface area contributed by atoms with E-state index in [2.05, 4.69) is 9.97 Å². The van der Waals surface area contributed by atoms with E-state index in [-0.39, 0.29) is 17.9 Å². The maximum absolute atomic E-state index is 13.6. The summed E-state index contributed by atoms with van der Waals surface area (Å²) in [6.07, 6.45) is -0.593. The molecule has 1 aliphatic carbocycles. The molecule has 3 aliphatic rings. The van der Waals surface area contributed by atoms with Crippen LogP contribution in [0.3, 0.4) is 0 Å². The summed E-state index contributed by atoms with van der Waals surface area (Å²) in [7, 11) is 0. The number of halogens is 3. The average Bonchev–Trinajstić information content (AvgIpc) is 3.43. The van der Waals surface area contributed by atoms with Crippen molar-refractivity contribution in [2.75, 3.05) is 12.3 Å². The van der Waals surface area contributed by atoms with Crippen LogP contribution in [-0.4, -0.2) is 27.3 Å². The number of likely N-dealkylation sites (tertiary alicyclic amines) is 1. The number of fused-ring (bicyclic) bond motifs is 6. The fraction of sp³-hybridized carbons (Fsp3) is 0.375. The van der Waals surface area contributed by atoms with Gasteiger partial charge < -0.3 is 15.4 Å². The van der Waals surface area contributed by atoms with Gasteiger partial charge in [-0.15, -0.1) is 0 Å². The van der Waals surface area contributed by atoms with Crippen molar-refractivity contribution in [2.24, 2.45) is 5.92 Å². The topological polar surface area (TPSA) is 81.3 Å². The lowest BCUT2D eigenvalue weighted by molar-refractivity contribution is -0.137. The number of hydrogen-bond donors (Lipinski definition) is 1. The van der Waals surface area contributed by atoms with Gasteiger partial charge in [0.2, 0.25) is 0 Å². The highest BCUT2D eigenvalue weighted by atomic mass is 19.4. The molecule has 0 radical (unpaired) electrons. The van der Waals surface area contributed by atoms with Crippen molar-refractivity contribution in [1.29, 1.82) is 0 Å². The zero-order valence-electron chi connectivity index (χ0n) is 17.7. The number of alkyl halides is 3. The molecule has 2 N–H and O–H groups in total. The number of ether oxygens (including phenoxy) is 1. The minimum absolute atomic E-state index is 0.112. The fourth-order valence-corrected chi connectivity index (χ4v) is 5.61. The molecule has 1 aromatic carbocycles. The molecule has 0 bridgehead atoms. The number of benzene rings is 1. The molecule has 9 heteroatoms. The first kappa shape index (κ1) is 20.4. The van der Waals surface area contributed by atoms with Crippen molar-refractivity contribution in [3.8, 4) is 0 Å². The average molecular weight is 454 g/mol. The van der Waals surface area contributed by atoms with Crippen molar-refractivity contribution in [1.82, 2.24) is 14.9 Å². The number of rotatable bonds is 1. The summed E-state index contributed by atoms with van der Waals surface area (Å²) in [6, 6.07) is 5.40. The van der Waals surface area contributed by atoms with Gasteiger partial charge in [0.15, 0.2) is 0 Å². The Bertz CT molecular complexity index is 1310. The first-order chi connectivity index (χ1) is 15.8. The Morgan fingerprint density at radius 1 is 1.18 bits per heavy atom. The predicted octanol–water partition coefficient (Wildman–Crippen LogP) is 4.41. The van der Waals surface area contributed by atoms with Crippen LogP contribution in [0.2, 0.25) is 0 Å². The van der Waals surface area contributed by atoms with Crippen molar-refractivity contribution in [2.45, 2.75) is 44.7 Å². The third-order valence-corrected chi connectivity index (χ3v) is 7.12. The summed E-state index contributed by atoms with van der Waals surface area (Å²) in [5.74, 6) is 0.306. The van der Waals surface area contributed by atoms with E-state index in [1.54, 1.807) is 23.2 Å². The molecular weight excluding hydrogens is 433 g/mol. The Kier molecular flexibility index (Phi) is 4.42. The van der Waals surface area contributed by atoms with Gasteiger partial charge >= 0.3 is 6.18 Å². The second-order valence-electron chi connectivity index (χ2n) is 8.99. The van der Waals surface area contributed by atoms with Gasteiger partial charge in [-0.3, -0.25) is 4.79 Å². The van der Waals surface area contributed by atoms with Crippen LogP contribution in [0.5, 0.6) is 0 Å². The van der Waals surface area contributed by atoms with Crippen LogP contribution in [-0.2, 0) is 30.5 Å². The van der Waals surface area contributed by atoms with Gasteiger partial charge in [-0.1, -0.05) is 6.07 Å². The number of pyridine rings is 2. The Hall–Kier alpha value is -3.20. The highest BCUT2D eigenvalue weighted by Crippen LogP contribution is 2.47. The molecule has 2 aromatic heterocycles. The molecule has 2 aliphatic heterocycles. The van der Waals surface area contributed by atoms with Crippen molar-refractivity contribution < 1.29 is 22.7 Å². The molecule has 6 rings (SSSR count). The van der Waals surface area contributed by atoms with Crippen LogP contribution >= 0.6 is 0 Å². The van der Waals surface area contributed by atoms with Gasteiger partial charge in [-0.25, -0.2) is 9.97 Å². The van der Waals surface area contributed by atoms with E-state index >= 15 is 0 Å². The van der Waals surface area contributed by atoms with E-state index in [0.717, 1.165) is 41.0 Å². The maximum atomic E-state index is 13.6. The molecule has 0 saturated carbocycles. The molecule has 0 unspecified atom stereocenters. The van der Waals surface area contributed by atoms with Gasteiger partial charge in [-0.2, -0.15) is 13.2 Å². The maximum Gasteiger partial charge on any atom is 0.416 e. The standard InChI is InChI=1S/C24H21F3N4O2/c25-24(26,27)14-3-4-15-13(7-14)6-12-2-1-5-31(21(12)15)23(32)19-8-16-17-10-33-11-18(17)22(28)30-20(16)9-29-19/h3-4,7-9,12,21H,1-2,5-6,10-11H2,(H2,28,30)/t12-,21-/m1/s1. The lowest BCUT2D eigenvalue weighted by Gasteiger charge is -2.38. The molecule has 4 heterocycles. The number of hydrogen-bond acceptors (Lipinski definition) is 5. The van der Waals surface area contributed by atoms with Crippen molar-refractivity contribution >= 4 is 22.6 Å². The number of piperidine rings is 1. The second-order valence-corrected chi connectivity index (χ2v) is 8.99. The number of nitrogens with two attached hydrogens (primary N) is 1. The number of anilines is 1. The first-order valence-corrected chi connectivity index (χ1v) is 11.0. The summed E-state index contributed by atoms with van der Waals surface area (Å²) in [6.45, 7) is 1.34. The molecule has 33 heavy (non-hydrogen) atoms. The largest absolute Gasteiger partial charge is 0.416 e. The minimum atomic E-state index is -4.38. The summed E-state index contributed by atoms with van der Waals surface area (Å²) in [5, 5.41) is 0.797. The van der Waals surface area contributed by atoms with E-state index in [9.17, 15) is 18.0 Å². The van der Waals surface area contributed by atoms with E-state index < -0.39 is 11.7 Å². The Morgan fingerprint density at radius 3 is 2.82 bits per heavy atom. The van der Waals surface area contributed by atoms with Gasteiger partial charge in [-0.05, 0) is 60.1 Å². The minimum Gasteiger partial charge on any atom is -0.383 e. The number of aromatic nitrogens is 2. The number of nitrogen functional groups attached to an aromatic ring is 1. The Labute approximate surface area is 187 Å². The second kappa shape index (κ2) is 7.15. The summed E-state index contributed by atoms with van der Waals surface area (Å²) in [5.41, 5.74) is 9.55. The molecule has 6 nitrogen and oxygen atoms in total. The zero-order chi connectivity index (χ0) is 22.9. The van der Waals surface area contributed by atoms with Gasteiger partial charge in [0.05, 0.1) is 36.5 Å². The lowest BCUT2D eigenvalue weighted by atomic mass is 9.89. The van der Waals surface area contributed by atoms with E-state index in [4.69, 9.17) is 10.5 Å². The van der Waals surface area contributed by atoms with Crippen LogP contribution in [0.1, 0.15) is 57.2 Å². The third kappa shape index (κ3) is 3.17. The van der Waals surface area contributed by atoms with E-state index in [0.29, 0.717) is 48.8 Å². The molecule has 1 saturated heterocycles. The number of carbonyl (C=O) groups excluding carboxylic acids is 1. The van der Waals surface area contributed by atoms with Gasteiger partial charge in [0.25, 0.3) is 5.91 Å². The molecule has 0 spiro atoms. The third-order valence-electron chi connectivity index (χ3n) is 7.12. The predicted molar refractivity (Wildman–Crippen MR) is 114 cm³/mol. The summed E-state index contributed by atoms with van der Waals surface area (Å²) in [4.78, 5) is 24.1. The Morgan fingerprint density at radius 2 is 2.00 bits per heavy atom. The van der Waals surface area contributed by atoms with Crippen LogP contribution in [0, 0.1) is 5.92 Å². The fourth-order valence-electron chi connectivity index (χ4n) is 5.61. The molecule has 1 amide bonds. The van der Waals surface area contributed by atoms with Crippen LogP contribution in [0.15, 0.2) is 30.5 Å². The van der Waals surface area contributed by atoms with Crippen LogP contribution < -0.4 is 5.73 Å². The monoisotopic (exact) mass is 454 g/mol. The number of carbonyl (C=O) groups is 1. The highest BCUT2D eigenvalue weighted by molar-refractivity contribution is 5.97. The smallest absolute Gasteiger partial charge is 0.383 e. The van der Waals surface area contributed by atoms with Gasteiger partial charge in [0, 0.05) is 17.5 Å².